The van der Waals surface area contributed by atoms with Gasteiger partial charge in [0.1, 0.15) is 18.1 Å². The van der Waals surface area contributed by atoms with Gasteiger partial charge in [-0.1, -0.05) is 0 Å². The molecule has 35 heavy (non-hydrogen) atoms. The number of carboxylic acid groups (broad SMARTS) is 1. The first-order valence-electron chi connectivity index (χ1n) is 10.3. The van der Waals surface area contributed by atoms with Crippen molar-refractivity contribution in [1.29, 1.82) is 0 Å². The minimum Gasteiger partial charge on any atom is -0.480 e. The second-order valence-corrected chi connectivity index (χ2v) is 7.91. The van der Waals surface area contributed by atoms with Gasteiger partial charge in [0.2, 0.25) is 23.6 Å². The number of nitrogens with one attached hydrogen (secondary N) is 5. The fourth-order valence-corrected chi connectivity index (χ4v) is 3.22. The Balaban J connectivity index is 2.14. The molecule has 10 N–H and O–H groups in total. The number of rotatable bonds is 14. The average molecular weight is 510 g/mol. The number of aromatic nitrogens is 4. The molecule has 0 aliphatic carbocycles. The van der Waals surface area contributed by atoms with Crippen molar-refractivity contribution in [2.75, 3.05) is 5.75 Å². The summed E-state index contributed by atoms with van der Waals surface area (Å²) in [6, 6.07) is -5.11. The largest absolute Gasteiger partial charge is 0.480 e. The van der Waals surface area contributed by atoms with Gasteiger partial charge in [0, 0.05) is 42.4 Å². The Labute approximate surface area is 204 Å². The molecule has 0 bridgehead atoms. The van der Waals surface area contributed by atoms with Crippen molar-refractivity contribution in [3.05, 3.63) is 36.4 Å². The average Bonchev–Trinajstić information content (AvgIpc) is 3.50. The van der Waals surface area contributed by atoms with E-state index in [0.717, 1.165) is 0 Å². The van der Waals surface area contributed by atoms with Gasteiger partial charge in [-0.2, -0.15) is 12.6 Å². The molecular weight excluding hydrogens is 482 g/mol. The minimum atomic E-state index is -1.44. The number of aliphatic carboxylic acids is 1. The Kier molecular flexibility index (Phi) is 10.2. The summed E-state index contributed by atoms with van der Waals surface area (Å²) in [7, 11) is 0. The van der Waals surface area contributed by atoms with Crippen molar-refractivity contribution >= 4 is 42.2 Å². The maximum Gasteiger partial charge on any atom is 0.327 e. The van der Waals surface area contributed by atoms with Crippen molar-refractivity contribution < 1.29 is 29.1 Å². The fourth-order valence-electron chi connectivity index (χ4n) is 2.97. The van der Waals surface area contributed by atoms with E-state index in [4.69, 9.17) is 11.5 Å². The number of nitrogens with two attached hydrogens (primary N) is 2. The summed E-state index contributed by atoms with van der Waals surface area (Å²) in [4.78, 5) is 74.3. The summed E-state index contributed by atoms with van der Waals surface area (Å²) in [5.74, 6) is -4.86. The third kappa shape index (κ3) is 8.74. The maximum atomic E-state index is 13.0. The summed E-state index contributed by atoms with van der Waals surface area (Å²) >= 11 is 3.90. The van der Waals surface area contributed by atoms with E-state index in [0.29, 0.717) is 11.4 Å². The van der Waals surface area contributed by atoms with E-state index in [9.17, 15) is 29.1 Å². The molecule has 4 atom stereocenters. The lowest BCUT2D eigenvalue weighted by Gasteiger charge is -2.24. The molecule has 15 nitrogen and oxygen atoms in total. The van der Waals surface area contributed by atoms with Crippen LogP contribution in [-0.4, -0.2) is 84.6 Å². The monoisotopic (exact) mass is 509 g/mol. The number of hydrogen-bond donors (Lipinski definition) is 9. The number of hydrogen-bond acceptors (Lipinski definition) is 9. The highest BCUT2D eigenvalue weighted by Crippen LogP contribution is 2.04. The molecule has 2 rings (SSSR count). The van der Waals surface area contributed by atoms with Gasteiger partial charge in [-0.15, -0.1) is 0 Å². The number of thiol groups is 1. The number of carbonyl (C=O) groups excluding carboxylic acids is 4. The molecule has 0 aliphatic heterocycles. The molecule has 0 radical (unpaired) electrons. The van der Waals surface area contributed by atoms with Gasteiger partial charge in [0.05, 0.1) is 25.1 Å². The molecule has 16 heteroatoms. The van der Waals surface area contributed by atoms with Crippen molar-refractivity contribution in [3.8, 4) is 0 Å². The Morgan fingerprint density at radius 1 is 0.886 bits per heavy atom. The molecule has 0 spiro atoms. The van der Waals surface area contributed by atoms with Gasteiger partial charge in [-0.25, -0.2) is 14.8 Å². The van der Waals surface area contributed by atoms with Crippen LogP contribution in [0.25, 0.3) is 0 Å². The number of H-pyrrole nitrogens is 2. The third-order valence-corrected chi connectivity index (χ3v) is 5.14. The second kappa shape index (κ2) is 13.1. The highest BCUT2D eigenvalue weighted by atomic mass is 32.1. The quantitative estimate of drug-likeness (QED) is 0.115. The van der Waals surface area contributed by atoms with Crippen molar-refractivity contribution in [3.63, 3.8) is 0 Å². The normalized spacial score (nSPS) is 14.2. The molecule has 0 saturated heterocycles. The zero-order chi connectivity index (χ0) is 26.0. The van der Waals surface area contributed by atoms with Crippen LogP contribution in [0.2, 0.25) is 0 Å². The number of primary amides is 1. The number of carboxylic acids is 1. The molecule has 2 heterocycles. The fraction of sp³-hybridized carbons (Fsp3) is 0.421. The summed E-state index contributed by atoms with van der Waals surface area (Å²) < 4.78 is 0. The van der Waals surface area contributed by atoms with Crippen LogP contribution in [0.4, 0.5) is 0 Å². The Hall–Kier alpha value is -3.92. The minimum absolute atomic E-state index is 0.0852. The van der Waals surface area contributed by atoms with Crippen molar-refractivity contribution in [1.82, 2.24) is 35.9 Å². The Morgan fingerprint density at radius 2 is 1.40 bits per heavy atom. The van der Waals surface area contributed by atoms with Gasteiger partial charge < -0.3 is 42.5 Å². The van der Waals surface area contributed by atoms with Gasteiger partial charge in [-0.3, -0.25) is 19.2 Å². The molecule has 2 aromatic heterocycles. The Morgan fingerprint density at radius 3 is 1.89 bits per heavy atom. The van der Waals surface area contributed by atoms with E-state index in [1.54, 1.807) is 0 Å². The van der Waals surface area contributed by atoms with Crippen LogP contribution < -0.4 is 27.4 Å². The molecule has 0 fully saturated rings. The molecule has 0 saturated carbocycles. The molecule has 4 unspecified atom stereocenters. The molecule has 2 aromatic rings. The summed E-state index contributed by atoms with van der Waals surface area (Å²) in [5, 5.41) is 16.3. The first-order valence-corrected chi connectivity index (χ1v) is 11.0. The SMILES string of the molecule is NC(=O)CC(NC(=O)C(N)Cc1cnc[nH]1)C(=O)NC(Cc1cnc[nH]1)C(=O)NC(CS)C(=O)O. The predicted molar refractivity (Wildman–Crippen MR) is 124 cm³/mol. The lowest BCUT2D eigenvalue weighted by Crippen LogP contribution is -2.58. The number of imidazole rings is 2. The van der Waals surface area contributed by atoms with Crippen LogP contribution in [0.3, 0.4) is 0 Å². The molecule has 4 amide bonds. The zero-order valence-corrected chi connectivity index (χ0v) is 19.3. The highest BCUT2D eigenvalue weighted by molar-refractivity contribution is 7.80. The van der Waals surface area contributed by atoms with Crippen LogP contribution in [0.15, 0.2) is 25.0 Å². The van der Waals surface area contributed by atoms with Gasteiger partial charge in [-0.05, 0) is 0 Å². The van der Waals surface area contributed by atoms with Crippen LogP contribution in [0.1, 0.15) is 17.8 Å². The van der Waals surface area contributed by atoms with Gasteiger partial charge >= 0.3 is 5.97 Å². The standard InChI is InChI=1S/C19H27N9O6S/c20-11(1-9-4-22-7-24-9)16(30)26-13(3-15(21)29)18(32)27-12(2-10-5-23-8-25-10)17(31)28-14(6-35)19(33)34/h4-5,7-8,11-14,35H,1-3,6,20H2,(H2,21,29)(H,22,24)(H,23,25)(H,26,30)(H,27,32)(H,28,31)(H,33,34). The van der Waals surface area contributed by atoms with E-state index in [1.807, 2.05) is 0 Å². The number of amides is 4. The lowest BCUT2D eigenvalue weighted by molar-refractivity contribution is -0.141. The number of nitrogens with zero attached hydrogens (tertiary/aromatic N) is 2. The van der Waals surface area contributed by atoms with E-state index < -0.39 is 60.2 Å². The summed E-state index contributed by atoms with van der Waals surface area (Å²) in [5.41, 5.74) is 12.1. The zero-order valence-electron chi connectivity index (χ0n) is 18.4. The van der Waals surface area contributed by atoms with Gasteiger partial charge in [0.25, 0.3) is 0 Å². The lowest BCUT2D eigenvalue weighted by atomic mass is 10.1. The number of aromatic amines is 2. The topological polar surface area (TPSA) is 251 Å². The molecule has 190 valence electrons. The van der Waals surface area contributed by atoms with Crippen LogP contribution >= 0.6 is 12.6 Å². The van der Waals surface area contributed by atoms with E-state index in [-0.39, 0.29) is 18.6 Å². The molecule has 0 aromatic carbocycles. The van der Waals surface area contributed by atoms with Crippen molar-refractivity contribution in [2.45, 2.75) is 43.4 Å². The van der Waals surface area contributed by atoms with E-state index in [1.165, 1.54) is 25.0 Å². The highest BCUT2D eigenvalue weighted by Gasteiger charge is 2.31. The predicted octanol–water partition coefficient (Wildman–Crippen LogP) is -3.41. The smallest absolute Gasteiger partial charge is 0.327 e. The Bertz CT molecular complexity index is 1010. The molecule has 0 aliphatic rings. The summed E-state index contributed by atoms with van der Waals surface area (Å²) in [6.45, 7) is 0. The first kappa shape index (κ1) is 27.3. The van der Waals surface area contributed by atoms with E-state index in [2.05, 4.69) is 48.5 Å². The van der Waals surface area contributed by atoms with Crippen molar-refractivity contribution in [2.24, 2.45) is 11.5 Å². The van der Waals surface area contributed by atoms with E-state index >= 15 is 0 Å². The second-order valence-electron chi connectivity index (χ2n) is 7.54. The molecular formula is C19H27N9O6S. The first-order chi connectivity index (χ1) is 16.6. The number of carbonyl (C=O) groups is 5. The van der Waals surface area contributed by atoms with Gasteiger partial charge in [0.15, 0.2) is 0 Å². The van der Waals surface area contributed by atoms with Crippen LogP contribution in [0.5, 0.6) is 0 Å². The van der Waals surface area contributed by atoms with Crippen LogP contribution in [-0.2, 0) is 36.8 Å². The maximum absolute atomic E-state index is 13.0. The summed E-state index contributed by atoms with van der Waals surface area (Å²) in [6.07, 6.45) is 5.09. The third-order valence-electron chi connectivity index (χ3n) is 4.78. The van der Waals surface area contributed by atoms with Crippen LogP contribution in [0, 0.1) is 0 Å².